The molecule has 2 rings (SSSR count). The third kappa shape index (κ3) is 4.29. The van der Waals surface area contributed by atoms with Gasteiger partial charge in [-0.2, -0.15) is 11.8 Å². The Balaban J connectivity index is 1.94. The maximum atomic E-state index is 12.2. The van der Waals surface area contributed by atoms with Gasteiger partial charge in [0.15, 0.2) is 18.1 Å². The second-order valence-electron chi connectivity index (χ2n) is 4.67. The molecule has 0 saturated carbocycles. The minimum absolute atomic E-state index is 0.0263. The number of benzene rings is 1. The Bertz CT molecular complexity index is 522. The molecule has 0 bridgehead atoms. The number of carbonyl (C=O) groups excluding carboxylic acids is 1. The van der Waals surface area contributed by atoms with Gasteiger partial charge in [0, 0.05) is 18.1 Å². The summed E-state index contributed by atoms with van der Waals surface area (Å²) in [6, 6.07) is 6.11. The highest BCUT2D eigenvalue weighted by molar-refractivity contribution is 7.99. The van der Waals surface area contributed by atoms with E-state index in [0.29, 0.717) is 12.3 Å². The summed E-state index contributed by atoms with van der Waals surface area (Å²) in [5, 5.41) is 18.5. The molecular formula is C14H17NO5S. The van der Waals surface area contributed by atoms with Crippen molar-refractivity contribution in [2.24, 2.45) is 0 Å². The van der Waals surface area contributed by atoms with Crippen molar-refractivity contribution in [3.63, 3.8) is 0 Å². The molecule has 0 aliphatic carbocycles. The zero-order valence-electron chi connectivity index (χ0n) is 11.4. The first kappa shape index (κ1) is 15.5. The molecule has 1 aromatic carbocycles. The molecule has 21 heavy (non-hydrogen) atoms. The predicted molar refractivity (Wildman–Crippen MR) is 78.7 cm³/mol. The van der Waals surface area contributed by atoms with Crippen LogP contribution in [-0.2, 0) is 9.59 Å². The average molecular weight is 311 g/mol. The Morgan fingerprint density at radius 3 is 2.86 bits per heavy atom. The van der Waals surface area contributed by atoms with Gasteiger partial charge >= 0.3 is 5.97 Å². The van der Waals surface area contributed by atoms with E-state index in [-0.39, 0.29) is 36.5 Å². The number of ether oxygens (including phenoxy) is 1. The summed E-state index contributed by atoms with van der Waals surface area (Å²) in [5.41, 5.74) is 0. The van der Waals surface area contributed by atoms with Crippen LogP contribution in [0.5, 0.6) is 11.5 Å². The lowest BCUT2D eigenvalue weighted by atomic mass is 10.2. The van der Waals surface area contributed by atoms with Crippen molar-refractivity contribution in [1.29, 1.82) is 0 Å². The van der Waals surface area contributed by atoms with Crippen molar-refractivity contribution in [3.05, 3.63) is 24.3 Å². The molecule has 0 radical (unpaired) electrons. The molecule has 2 N–H and O–H groups in total. The molecule has 1 aliphatic heterocycles. The number of carboxylic acids is 1. The largest absolute Gasteiger partial charge is 0.504 e. The van der Waals surface area contributed by atoms with Crippen molar-refractivity contribution >= 4 is 23.6 Å². The summed E-state index contributed by atoms with van der Waals surface area (Å²) in [6.45, 7) is 0.309. The van der Waals surface area contributed by atoms with Crippen molar-refractivity contribution in [2.45, 2.75) is 12.5 Å². The van der Waals surface area contributed by atoms with Gasteiger partial charge in [-0.05, 0) is 12.1 Å². The SMILES string of the molecule is O=C(O)CC1CSCCN1C(=O)COc1ccccc1O. The summed E-state index contributed by atoms with van der Waals surface area (Å²) in [7, 11) is 0. The Morgan fingerprint density at radius 1 is 1.38 bits per heavy atom. The number of amides is 1. The van der Waals surface area contributed by atoms with Crippen LogP contribution in [0.1, 0.15) is 6.42 Å². The Morgan fingerprint density at radius 2 is 2.14 bits per heavy atom. The highest BCUT2D eigenvalue weighted by atomic mass is 32.2. The second kappa shape index (κ2) is 7.21. The fraction of sp³-hybridized carbons (Fsp3) is 0.429. The van der Waals surface area contributed by atoms with E-state index < -0.39 is 5.97 Å². The second-order valence-corrected chi connectivity index (χ2v) is 5.82. The number of phenols is 1. The molecule has 1 aliphatic rings. The molecule has 1 heterocycles. The van der Waals surface area contributed by atoms with E-state index in [0.717, 1.165) is 5.75 Å². The zero-order valence-corrected chi connectivity index (χ0v) is 12.2. The molecule has 6 nitrogen and oxygen atoms in total. The molecule has 1 amide bonds. The number of thioether (sulfide) groups is 1. The molecule has 7 heteroatoms. The first-order chi connectivity index (χ1) is 10.1. The quantitative estimate of drug-likeness (QED) is 0.849. The fourth-order valence-corrected chi connectivity index (χ4v) is 3.22. The van der Waals surface area contributed by atoms with E-state index in [1.165, 1.54) is 6.07 Å². The van der Waals surface area contributed by atoms with Crippen LogP contribution in [0.25, 0.3) is 0 Å². The summed E-state index contributed by atoms with van der Waals surface area (Å²) in [6.07, 6.45) is -0.0602. The standard InChI is InChI=1S/C14H17NO5S/c16-11-3-1-2-4-12(11)20-8-13(17)15-5-6-21-9-10(15)7-14(18)19/h1-4,10,16H,5-9H2,(H,18,19). The summed E-state index contributed by atoms with van der Waals surface area (Å²) >= 11 is 1.65. The van der Waals surface area contributed by atoms with Gasteiger partial charge < -0.3 is 19.8 Å². The summed E-state index contributed by atoms with van der Waals surface area (Å²) < 4.78 is 5.31. The van der Waals surface area contributed by atoms with Crippen LogP contribution in [0.2, 0.25) is 0 Å². The molecule has 114 valence electrons. The molecule has 0 spiro atoms. The number of phenolic OH excluding ortho intramolecular Hbond substituents is 1. The number of para-hydroxylation sites is 2. The van der Waals surface area contributed by atoms with Gasteiger partial charge in [0.05, 0.1) is 12.5 Å². The van der Waals surface area contributed by atoms with Crippen LogP contribution in [0.4, 0.5) is 0 Å². The van der Waals surface area contributed by atoms with Gasteiger partial charge in [-0.15, -0.1) is 0 Å². The smallest absolute Gasteiger partial charge is 0.305 e. The Hall–Kier alpha value is -1.89. The molecule has 0 aromatic heterocycles. The van der Waals surface area contributed by atoms with Crippen LogP contribution < -0.4 is 4.74 Å². The number of nitrogens with zero attached hydrogens (tertiary/aromatic N) is 1. The molecule has 1 saturated heterocycles. The van der Waals surface area contributed by atoms with E-state index in [1.54, 1.807) is 34.9 Å². The van der Waals surface area contributed by atoms with Crippen LogP contribution in [0.3, 0.4) is 0 Å². The van der Waals surface area contributed by atoms with Gasteiger partial charge in [0.25, 0.3) is 5.91 Å². The highest BCUT2D eigenvalue weighted by Crippen LogP contribution is 2.25. The minimum atomic E-state index is -0.915. The van der Waals surface area contributed by atoms with E-state index in [2.05, 4.69) is 0 Å². The van der Waals surface area contributed by atoms with Crippen molar-refractivity contribution in [1.82, 2.24) is 4.90 Å². The predicted octanol–water partition coefficient (Wildman–Crippen LogP) is 1.19. The molecular weight excluding hydrogens is 294 g/mol. The van der Waals surface area contributed by atoms with E-state index in [1.807, 2.05) is 0 Å². The number of carbonyl (C=O) groups is 2. The molecule has 1 atom stereocenters. The van der Waals surface area contributed by atoms with Crippen LogP contribution in [0, 0.1) is 0 Å². The minimum Gasteiger partial charge on any atom is -0.504 e. The van der Waals surface area contributed by atoms with Gasteiger partial charge in [-0.25, -0.2) is 0 Å². The number of hydrogen-bond donors (Lipinski definition) is 2. The van der Waals surface area contributed by atoms with Crippen LogP contribution in [-0.4, -0.2) is 57.7 Å². The Labute approximate surface area is 126 Å². The third-order valence-electron chi connectivity index (χ3n) is 3.17. The number of carboxylic acid groups (broad SMARTS) is 1. The first-order valence-electron chi connectivity index (χ1n) is 6.57. The van der Waals surface area contributed by atoms with Gasteiger partial charge in [-0.1, -0.05) is 12.1 Å². The summed E-state index contributed by atoms with van der Waals surface area (Å²) in [5.74, 6) is 0.452. The van der Waals surface area contributed by atoms with Crippen LogP contribution in [0.15, 0.2) is 24.3 Å². The third-order valence-corrected chi connectivity index (χ3v) is 4.27. The number of aromatic hydroxyl groups is 1. The number of hydrogen-bond acceptors (Lipinski definition) is 5. The topological polar surface area (TPSA) is 87.1 Å². The zero-order chi connectivity index (χ0) is 15.2. The molecule has 1 aromatic rings. The number of rotatable bonds is 5. The molecule has 1 unspecified atom stereocenters. The Kier molecular flexibility index (Phi) is 5.32. The lowest BCUT2D eigenvalue weighted by Gasteiger charge is -2.34. The van der Waals surface area contributed by atoms with Gasteiger partial charge in [-0.3, -0.25) is 9.59 Å². The lowest BCUT2D eigenvalue weighted by molar-refractivity contribution is -0.141. The normalized spacial score (nSPS) is 18.3. The average Bonchev–Trinajstić information content (AvgIpc) is 2.46. The van der Waals surface area contributed by atoms with Crippen molar-refractivity contribution in [2.75, 3.05) is 24.7 Å². The summed E-state index contributed by atoms with van der Waals surface area (Å²) in [4.78, 5) is 24.6. The van der Waals surface area contributed by atoms with E-state index in [9.17, 15) is 14.7 Å². The first-order valence-corrected chi connectivity index (χ1v) is 7.73. The maximum absolute atomic E-state index is 12.2. The molecule has 1 fully saturated rings. The van der Waals surface area contributed by atoms with Crippen LogP contribution >= 0.6 is 11.8 Å². The van der Waals surface area contributed by atoms with Gasteiger partial charge in [0.2, 0.25) is 0 Å². The van der Waals surface area contributed by atoms with Crippen molar-refractivity contribution < 1.29 is 24.5 Å². The lowest BCUT2D eigenvalue weighted by Crippen LogP contribution is -2.48. The monoisotopic (exact) mass is 311 g/mol. The maximum Gasteiger partial charge on any atom is 0.305 e. The van der Waals surface area contributed by atoms with E-state index >= 15 is 0 Å². The highest BCUT2D eigenvalue weighted by Gasteiger charge is 2.29. The fourth-order valence-electron chi connectivity index (χ4n) is 2.16. The van der Waals surface area contributed by atoms with E-state index in [4.69, 9.17) is 9.84 Å². The number of aliphatic carboxylic acids is 1. The van der Waals surface area contributed by atoms with Gasteiger partial charge in [0.1, 0.15) is 0 Å². The van der Waals surface area contributed by atoms with Crippen molar-refractivity contribution in [3.8, 4) is 11.5 Å².